The van der Waals surface area contributed by atoms with Crippen molar-refractivity contribution in [3.05, 3.63) is 34.4 Å². The van der Waals surface area contributed by atoms with Gasteiger partial charge in [0.1, 0.15) is 15.6 Å². The molecule has 0 atom stereocenters. The van der Waals surface area contributed by atoms with Gasteiger partial charge in [0.25, 0.3) is 0 Å². The van der Waals surface area contributed by atoms with Gasteiger partial charge in [0, 0.05) is 10.0 Å². The van der Waals surface area contributed by atoms with Crippen molar-refractivity contribution < 1.29 is 19.4 Å². The molecule has 1 amide bonds. The van der Waals surface area contributed by atoms with Crippen LogP contribution >= 0.6 is 27.3 Å². The molecule has 0 unspecified atom stereocenters. The maximum absolute atomic E-state index is 11.8. The van der Waals surface area contributed by atoms with Crippen LogP contribution in [0.3, 0.4) is 0 Å². The van der Waals surface area contributed by atoms with Gasteiger partial charge in [0.2, 0.25) is 0 Å². The zero-order valence-electron chi connectivity index (χ0n) is 12.7. The van der Waals surface area contributed by atoms with Crippen molar-refractivity contribution in [3.8, 4) is 10.6 Å². The summed E-state index contributed by atoms with van der Waals surface area (Å²) in [5.41, 5.74) is -0.134. The zero-order valence-corrected chi connectivity index (χ0v) is 15.1. The molecule has 0 radical (unpaired) electrons. The number of carbonyl (C=O) groups is 2. The molecule has 2 aromatic rings. The van der Waals surface area contributed by atoms with E-state index >= 15 is 0 Å². The molecule has 2 rings (SSSR count). The highest BCUT2D eigenvalue weighted by Crippen LogP contribution is 2.33. The van der Waals surface area contributed by atoms with Gasteiger partial charge in [-0.25, -0.2) is 14.6 Å². The van der Waals surface area contributed by atoms with Crippen molar-refractivity contribution in [2.45, 2.75) is 26.4 Å². The fourth-order valence-electron chi connectivity index (χ4n) is 1.69. The fourth-order valence-corrected chi connectivity index (χ4v) is 3.03. The van der Waals surface area contributed by atoms with Crippen LogP contribution in [0.1, 0.15) is 31.3 Å². The van der Waals surface area contributed by atoms with E-state index in [1.807, 2.05) is 24.3 Å². The third-order valence-corrected chi connectivity index (χ3v) is 4.03. The van der Waals surface area contributed by atoms with Crippen LogP contribution in [0, 0.1) is 0 Å². The average molecular weight is 399 g/mol. The van der Waals surface area contributed by atoms with E-state index in [4.69, 9.17) is 4.74 Å². The molecule has 0 spiro atoms. The van der Waals surface area contributed by atoms with Crippen molar-refractivity contribution >= 4 is 44.3 Å². The van der Waals surface area contributed by atoms with Crippen LogP contribution in [-0.2, 0) is 4.74 Å². The Bertz CT molecular complexity index is 752. The molecule has 2 N–H and O–H groups in total. The molecular weight excluding hydrogens is 384 g/mol. The lowest BCUT2D eigenvalue weighted by Gasteiger charge is -2.19. The number of aromatic nitrogens is 1. The van der Waals surface area contributed by atoms with Crippen molar-refractivity contribution in [3.63, 3.8) is 0 Å². The number of thiazole rings is 1. The quantitative estimate of drug-likeness (QED) is 0.787. The van der Waals surface area contributed by atoms with Crippen molar-refractivity contribution in [2.75, 3.05) is 5.32 Å². The molecule has 8 heteroatoms. The first-order valence-corrected chi connectivity index (χ1v) is 8.27. The highest BCUT2D eigenvalue weighted by molar-refractivity contribution is 9.10. The fraction of sp³-hybridized carbons (Fsp3) is 0.267. The van der Waals surface area contributed by atoms with Crippen LogP contribution in [0.25, 0.3) is 10.6 Å². The van der Waals surface area contributed by atoms with Crippen molar-refractivity contribution in [1.82, 2.24) is 4.98 Å². The lowest BCUT2D eigenvalue weighted by molar-refractivity contribution is 0.0636. The highest BCUT2D eigenvalue weighted by Gasteiger charge is 2.23. The smallest absolute Gasteiger partial charge is 0.412 e. The number of hydrogen-bond donors (Lipinski definition) is 2. The number of carboxylic acid groups (broad SMARTS) is 1. The number of hydrogen-bond acceptors (Lipinski definition) is 5. The van der Waals surface area contributed by atoms with Gasteiger partial charge < -0.3 is 9.84 Å². The van der Waals surface area contributed by atoms with Crippen LogP contribution < -0.4 is 5.32 Å². The topological polar surface area (TPSA) is 88.5 Å². The Morgan fingerprint density at radius 1 is 1.35 bits per heavy atom. The van der Waals surface area contributed by atoms with Crippen LogP contribution in [0.15, 0.2) is 28.7 Å². The molecule has 1 aromatic carbocycles. The molecule has 0 bridgehead atoms. The third-order valence-electron chi connectivity index (χ3n) is 2.52. The first-order chi connectivity index (χ1) is 10.7. The maximum Gasteiger partial charge on any atom is 0.412 e. The second kappa shape index (κ2) is 6.67. The Morgan fingerprint density at radius 3 is 2.61 bits per heavy atom. The van der Waals surface area contributed by atoms with Gasteiger partial charge >= 0.3 is 12.1 Å². The number of halogens is 1. The number of benzene rings is 1. The number of carbonyl (C=O) groups excluding carboxylic acids is 1. The molecule has 0 saturated heterocycles. The third kappa shape index (κ3) is 4.77. The Balaban J connectivity index is 2.32. The van der Waals surface area contributed by atoms with Gasteiger partial charge in [-0.2, -0.15) is 0 Å². The van der Waals surface area contributed by atoms with Crippen LogP contribution in [0.5, 0.6) is 0 Å². The molecule has 0 saturated carbocycles. The van der Waals surface area contributed by atoms with Crippen molar-refractivity contribution in [2.24, 2.45) is 0 Å². The van der Waals surface area contributed by atoms with Gasteiger partial charge in [-0.1, -0.05) is 39.4 Å². The number of anilines is 1. The predicted molar refractivity (Wildman–Crippen MR) is 92.1 cm³/mol. The Morgan fingerprint density at radius 2 is 2.04 bits per heavy atom. The minimum absolute atomic E-state index is 0.140. The largest absolute Gasteiger partial charge is 0.476 e. The van der Waals surface area contributed by atoms with Gasteiger partial charge in [-0.15, -0.1) is 0 Å². The molecule has 1 heterocycles. The van der Waals surface area contributed by atoms with Gasteiger partial charge in [0.15, 0.2) is 5.69 Å². The summed E-state index contributed by atoms with van der Waals surface area (Å²) in [5, 5.41) is 12.4. The van der Waals surface area contributed by atoms with Crippen LogP contribution in [0.4, 0.5) is 9.80 Å². The number of amides is 1. The molecule has 0 aliphatic rings. The molecule has 6 nitrogen and oxygen atoms in total. The summed E-state index contributed by atoms with van der Waals surface area (Å²) in [7, 11) is 0. The monoisotopic (exact) mass is 398 g/mol. The normalized spacial score (nSPS) is 11.1. The molecule has 0 fully saturated rings. The average Bonchev–Trinajstić information content (AvgIpc) is 2.80. The maximum atomic E-state index is 11.8. The Kier molecular flexibility index (Phi) is 5.06. The van der Waals surface area contributed by atoms with Gasteiger partial charge in [0.05, 0.1) is 0 Å². The van der Waals surface area contributed by atoms with Crippen molar-refractivity contribution in [1.29, 1.82) is 0 Å². The van der Waals surface area contributed by atoms with E-state index in [2.05, 4.69) is 26.2 Å². The summed E-state index contributed by atoms with van der Waals surface area (Å²) < 4.78 is 5.99. The van der Waals surface area contributed by atoms with E-state index in [1.54, 1.807) is 20.8 Å². The first-order valence-electron chi connectivity index (χ1n) is 6.66. The predicted octanol–water partition coefficient (Wildman–Crippen LogP) is 4.62. The molecule has 0 aliphatic heterocycles. The minimum Gasteiger partial charge on any atom is -0.476 e. The summed E-state index contributed by atoms with van der Waals surface area (Å²) >= 11 is 4.44. The summed E-state index contributed by atoms with van der Waals surface area (Å²) in [5.74, 6) is -1.21. The van der Waals surface area contributed by atoms with E-state index < -0.39 is 17.7 Å². The lowest BCUT2D eigenvalue weighted by Crippen LogP contribution is -2.27. The number of aromatic carboxylic acids is 1. The molecule has 23 heavy (non-hydrogen) atoms. The standard InChI is InChI=1S/C15H15BrN2O4S/c1-15(2,3)22-14(21)18-12-10(13(19)20)17-11(23-12)8-5-4-6-9(16)7-8/h4-7H,1-3H3,(H,18,21)(H,19,20). The van der Waals surface area contributed by atoms with Gasteiger partial charge in [-0.3, -0.25) is 5.32 Å². The second-order valence-corrected chi connectivity index (χ2v) is 7.55. The first kappa shape index (κ1) is 17.4. The molecule has 1 aromatic heterocycles. The van der Waals surface area contributed by atoms with E-state index in [0.717, 1.165) is 21.4 Å². The van der Waals surface area contributed by atoms with E-state index in [-0.39, 0.29) is 10.7 Å². The zero-order chi connectivity index (χ0) is 17.2. The number of ether oxygens (including phenoxy) is 1. The van der Waals surface area contributed by atoms with Crippen LogP contribution in [-0.4, -0.2) is 27.8 Å². The van der Waals surface area contributed by atoms with E-state index in [0.29, 0.717) is 5.01 Å². The molecule has 122 valence electrons. The molecular formula is C15H15BrN2O4S. The molecule has 0 aliphatic carbocycles. The summed E-state index contributed by atoms with van der Waals surface area (Å²) in [6, 6.07) is 7.31. The second-order valence-electron chi connectivity index (χ2n) is 5.64. The number of nitrogens with one attached hydrogen (secondary N) is 1. The van der Waals surface area contributed by atoms with E-state index in [9.17, 15) is 14.7 Å². The summed E-state index contributed by atoms with van der Waals surface area (Å²) in [6.45, 7) is 5.18. The Labute approximate surface area is 145 Å². The number of carboxylic acids is 1. The van der Waals surface area contributed by atoms with E-state index in [1.165, 1.54) is 0 Å². The SMILES string of the molecule is CC(C)(C)OC(=O)Nc1sc(-c2cccc(Br)c2)nc1C(=O)O. The Hall–Kier alpha value is -1.93. The lowest BCUT2D eigenvalue weighted by atomic mass is 10.2. The number of nitrogens with zero attached hydrogens (tertiary/aromatic N) is 1. The minimum atomic E-state index is -1.21. The van der Waals surface area contributed by atoms with Crippen LogP contribution in [0.2, 0.25) is 0 Å². The van der Waals surface area contributed by atoms with Gasteiger partial charge in [-0.05, 0) is 32.9 Å². The number of rotatable bonds is 3. The highest BCUT2D eigenvalue weighted by atomic mass is 79.9. The summed E-state index contributed by atoms with van der Waals surface area (Å²) in [4.78, 5) is 27.3. The summed E-state index contributed by atoms with van der Waals surface area (Å²) in [6.07, 6.45) is -0.718.